The number of para-hydroxylation sites is 2. The van der Waals surface area contributed by atoms with Crippen molar-refractivity contribution >= 4 is 0 Å². The Balaban J connectivity index is 2.20. The molecule has 0 saturated heterocycles. The second-order valence-corrected chi connectivity index (χ2v) is 4.92. The SMILES string of the molecule is CCCOc1ccccc1OCCNCCN(CC)CC. The molecule has 4 heteroatoms. The van der Waals surface area contributed by atoms with Crippen molar-refractivity contribution in [2.75, 3.05) is 45.9 Å². The molecule has 0 saturated carbocycles. The number of likely N-dealkylation sites (N-methyl/N-ethyl adjacent to an activating group) is 1. The van der Waals surface area contributed by atoms with E-state index in [0.29, 0.717) is 6.61 Å². The molecular weight excluding hydrogens is 264 g/mol. The highest BCUT2D eigenvalue weighted by atomic mass is 16.5. The fourth-order valence-electron chi connectivity index (χ4n) is 2.04. The maximum atomic E-state index is 5.79. The third-order valence-corrected chi connectivity index (χ3v) is 3.35. The minimum atomic E-state index is 0.657. The van der Waals surface area contributed by atoms with Crippen LogP contribution in [0.1, 0.15) is 27.2 Å². The minimum Gasteiger partial charge on any atom is -0.490 e. The van der Waals surface area contributed by atoms with Gasteiger partial charge < -0.3 is 19.7 Å². The summed E-state index contributed by atoms with van der Waals surface area (Å²) in [6.45, 7) is 13.0. The van der Waals surface area contributed by atoms with E-state index in [4.69, 9.17) is 9.47 Å². The predicted molar refractivity (Wildman–Crippen MR) is 88.4 cm³/mol. The van der Waals surface area contributed by atoms with Gasteiger partial charge in [0.15, 0.2) is 11.5 Å². The maximum Gasteiger partial charge on any atom is 0.161 e. The van der Waals surface area contributed by atoms with E-state index in [0.717, 1.165) is 57.3 Å². The van der Waals surface area contributed by atoms with Crippen LogP contribution in [0.25, 0.3) is 0 Å². The predicted octanol–water partition coefficient (Wildman–Crippen LogP) is 2.79. The standard InChI is InChI=1S/C17H30N2O2/c1-4-14-20-16-9-7-8-10-17(16)21-15-12-18-11-13-19(5-2)6-3/h7-10,18H,4-6,11-15H2,1-3H3. The third-order valence-electron chi connectivity index (χ3n) is 3.35. The molecule has 0 amide bonds. The van der Waals surface area contributed by atoms with Crippen LogP contribution >= 0.6 is 0 Å². The van der Waals surface area contributed by atoms with Crippen LogP contribution in [0.3, 0.4) is 0 Å². The molecule has 21 heavy (non-hydrogen) atoms. The van der Waals surface area contributed by atoms with E-state index in [1.165, 1.54) is 0 Å². The highest BCUT2D eigenvalue weighted by molar-refractivity contribution is 5.39. The summed E-state index contributed by atoms with van der Waals surface area (Å²) in [5.41, 5.74) is 0. The van der Waals surface area contributed by atoms with Crippen molar-refractivity contribution in [3.05, 3.63) is 24.3 Å². The highest BCUT2D eigenvalue weighted by Gasteiger charge is 2.03. The molecule has 0 aliphatic rings. The quantitative estimate of drug-likeness (QED) is 0.601. The van der Waals surface area contributed by atoms with Crippen molar-refractivity contribution in [1.82, 2.24) is 10.2 Å². The van der Waals surface area contributed by atoms with Crippen LogP contribution in [-0.4, -0.2) is 50.8 Å². The van der Waals surface area contributed by atoms with E-state index in [-0.39, 0.29) is 0 Å². The summed E-state index contributed by atoms with van der Waals surface area (Å²) in [5, 5.41) is 3.41. The second kappa shape index (κ2) is 11.4. The van der Waals surface area contributed by atoms with Gasteiger partial charge in [0.1, 0.15) is 6.61 Å². The zero-order valence-corrected chi connectivity index (χ0v) is 13.7. The number of rotatable bonds is 12. The lowest BCUT2D eigenvalue weighted by atomic mass is 10.3. The second-order valence-electron chi connectivity index (χ2n) is 4.92. The van der Waals surface area contributed by atoms with Gasteiger partial charge in [0, 0.05) is 19.6 Å². The molecule has 0 fully saturated rings. The average Bonchev–Trinajstić information content (AvgIpc) is 2.53. The molecule has 0 radical (unpaired) electrons. The van der Waals surface area contributed by atoms with Crippen LogP contribution in [0, 0.1) is 0 Å². The summed E-state index contributed by atoms with van der Waals surface area (Å²) in [5.74, 6) is 1.67. The van der Waals surface area contributed by atoms with Crippen LogP contribution in [0.15, 0.2) is 24.3 Å². The van der Waals surface area contributed by atoms with Gasteiger partial charge in [0.05, 0.1) is 6.61 Å². The topological polar surface area (TPSA) is 33.7 Å². The summed E-state index contributed by atoms with van der Waals surface area (Å²) < 4.78 is 11.5. The van der Waals surface area contributed by atoms with Crippen molar-refractivity contribution in [3.63, 3.8) is 0 Å². The Labute approximate surface area is 129 Å². The van der Waals surface area contributed by atoms with Crippen molar-refractivity contribution < 1.29 is 9.47 Å². The molecule has 0 spiro atoms. The molecule has 0 aliphatic carbocycles. The van der Waals surface area contributed by atoms with E-state index in [1.54, 1.807) is 0 Å². The Hall–Kier alpha value is -1.26. The Morgan fingerprint density at radius 3 is 2.10 bits per heavy atom. The van der Waals surface area contributed by atoms with Gasteiger partial charge in [-0.2, -0.15) is 0 Å². The highest BCUT2D eigenvalue weighted by Crippen LogP contribution is 2.26. The number of benzene rings is 1. The molecule has 0 atom stereocenters. The summed E-state index contributed by atoms with van der Waals surface area (Å²) in [6.07, 6.45) is 1.00. The summed E-state index contributed by atoms with van der Waals surface area (Å²) in [7, 11) is 0. The molecule has 1 aromatic rings. The van der Waals surface area contributed by atoms with Gasteiger partial charge in [-0.15, -0.1) is 0 Å². The summed E-state index contributed by atoms with van der Waals surface area (Å²) >= 11 is 0. The van der Waals surface area contributed by atoms with Crippen LogP contribution < -0.4 is 14.8 Å². The lowest BCUT2D eigenvalue weighted by Gasteiger charge is -2.18. The van der Waals surface area contributed by atoms with Gasteiger partial charge in [-0.25, -0.2) is 0 Å². The fourth-order valence-corrected chi connectivity index (χ4v) is 2.04. The van der Waals surface area contributed by atoms with Crippen LogP contribution in [-0.2, 0) is 0 Å². The molecule has 120 valence electrons. The lowest BCUT2D eigenvalue weighted by molar-refractivity contribution is 0.262. The molecule has 0 heterocycles. The molecule has 1 N–H and O–H groups in total. The van der Waals surface area contributed by atoms with Crippen molar-refractivity contribution in [3.8, 4) is 11.5 Å². The first-order chi connectivity index (χ1) is 10.3. The Morgan fingerprint density at radius 1 is 0.905 bits per heavy atom. The van der Waals surface area contributed by atoms with Crippen LogP contribution in [0.4, 0.5) is 0 Å². The Bertz CT molecular complexity index is 368. The van der Waals surface area contributed by atoms with Crippen LogP contribution in [0.5, 0.6) is 11.5 Å². The smallest absolute Gasteiger partial charge is 0.161 e. The van der Waals surface area contributed by atoms with E-state index in [1.807, 2.05) is 24.3 Å². The number of hydrogen-bond acceptors (Lipinski definition) is 4. The van der Waals surface area contributed by atoms with E-state index in [9.17, 15) is 0 Å². The van der Waals surface area contributed by atoms with Gasteiger partial charge in [-0.1, -0.05) is 32.9 Å². The zero-order chi connectivity index (χ0) is 15.3. The normalized spacial score (nSPS) is 10.9. The molecular formula is C17H30N2O2. The van der Waals surface area contributed by atoms with Gasteiger partial charge in [0.2, 0.25) is 0 Å². The van der Waals surface area contributed by atoms with Gasteiger partial charge in [-0.05, 0) is 31.6 Å². The van der Waals surface area contributed by atoms with E-state index < -0.39 is 0 Å². The molecule has 0 bridgehead atoms. The monoisotopic (exact) mass is 294 g/mol. The van der Waals surface area contributed by atoms with Gasteiger partial charge in [-0.3, -0.25) is 0 Å². The molecule has 0 unspecified atom stereocenters. The zero-order valence-electron chi connectivity index (χ0n) is 13.7. The first kappa shape index (κ1) is 17.8. The lowest BCUT2D eigenvalue weighted by Crippen LogP contribution is -2.33. The molecule has 0 aromatic heterocycles. The van der Waals surface area contributed by atoms with Crippen molar-refractivity contribution in [2.24, 2.45) is 0 Å². The summed E-state index contributed by atoms with van der Waals surface area (Å²) in [4.78, 5) is 2.40. The Morgan fingerprint density at radius 2 is 1.52 bits per heavy atom. The van der Waals surface area contributed by atoms with Crippen LogP contribution in [0.2, 0.25) is 0 Å². The fraction of sp³-hybridized carbons (Fsp3) is 0.647. The van der Waals surface area contributed by atoms with Crippen molar-refractivity contribution in [1.29, 1.82) is 0 Å². The average molecular weight is 294 g/mol. The third kappa shape index (κ3) is 7.34. The molecule has 0 aliphatic heterocycles. The number of nitrogens with one attached hydrogen (secondary N) is 1. The van der Waals surface area contributed by atoms with E-state index in [2.05, 4.69) is 31.0 Å². The van der Waals surface area contributed by atoms with Gasteiger partial charge >= 0.3 is 0 Å². The van der Waals surface area contributed by atoms with Crippen molar-refractivity contribution in [2.45, 2.75) is 27.2 Å². The Kier molecular flexibility index (Phi) is 9.66. The first-order valence-electron chi connectivity index (χ1n) is 8.09. The number of hydrogen-bond donors (Lipinski definition) is 1. The molecule has 4 nitrogen and oxygen atoms in total. The molecule has 1 rings (SSSR count). The van der Waals surface area contributed by atoms with Gasteiger partial charge in [0.25, 0.3) is 0 Å². The number of ether oxygens (including phenoxy) is 2. The maximum absolute atomic E-state index is 5.79. The number of nitrogens with zero attached hydrogens (tertiary/aromatic N) is 1. The minimum absolute atomic E-state index is 0.657. The first-order valence-corrected chi connectivity index (χ1v) is 8.09. The van der Waals surface area contributed by atoms with E-state index >= 15 is 0 Å². The largest absolute Gasteiger partial charge is 0.490 e. The molecule has 1 aromatic carbocycles. The summed E-state index contributed by atoms with van der Waals surface area (Å²) in [6, 6.07) is 7.86.